The van der Waals surface area contributed by atoms with E-state index >= 15 is 0 Å². The number of rotatable bonds is 54. The summed E-state index contributed by atoms with van der Waals surface area (Å²) in [5, 5.41) is 0. The smallest absolute Gasteiger partial charge is 0.306 e. The minimum Gasteiger partial charge on any atom is -0.462 e. The Balaban J connectivity index is 4.36. The Bertz CT molecular complexity index is 1190. The van der Waals surface area contributed by atoms with Gasteiger partial charge in [-0.15, -0.1) is 0 Å². The first-order chi connectivity index (χ1) is 33.5. The lowest BCUT2D eigenvalue weighted by Gasteiger charge is -2.18. The zero-order valence-electron chi connectivity index (χ0n) is 45.4. The van der Waals surface area contributed by atoms with Gasteiger partial charge in [-0.2, -0.15) is 0 Å². The lowest BCUT2D eigenvalue weighted by atomic mass is 10.0. The lowest BCUT2D eigenvalue weighted by Crippen LogP contribution is -2.30. The number of carbonyl (C=O) groups is 3. The van der Waals surface area contributed by atoms with Crippen LogP contribution in [0.25, 0.3) is 0 Å². The number of hydrogen-bond donors (Lipinski definition) is 0. The van der Waals surface area contributed by atoms with E-state index in [0.29, 0.717) is 19.3 Å². The molecule has 0 saturated heterocycles. The minimum absolute atomic E-state index is 0.0790. The van der Waals surface area contributed by atoms with Gasteiger partial charge in [0.1, 0.15) is 13.2 Å². The highest BCUT2D eigenvalue weighted by Gasteiger charge is 2.19. The molecule has 0 heterocycles. The Kier molecular flexibility index (Phi) is 54.8. The first-order valence-electron chi connectivity index (χ1n) is 29.6. The lowest BCUT2D eigenvalue weighted by molar-refractivity contribution is -0.167. The fourth-order valence-electron chi connectivity index (χ4n) is 8.60. The first-order valence-corrected chi connectivity index (χ1v) is 29.6. The van der Waals surface area contributed by atoms with E-state index < -0.39 is 6.10 Å². The highest BCUT2D eigenvalue weighted by molar-refractivity contribution is 5.71. The van der Waals surface area contributed by atoms with Crippen molar-refractivity contribution in [3.05, 3.63) is 48.6 Å². The first kappa shape index (κ1) is 65.4. The molecule has 0 rings (SSSR count). The molecule has 0 unspecified atom stereocenters. The second-order valence-corrected chi connectivity index (χ2v) is 19.9. The molecule has 0 aliphatic heterocycles. The molecule has 0 aliphatic carbocycles. The third-order valence-electron chi connectivity index (χ3n) is 13.1. The molecule has 0 fully saturated rings. The van der Waals surface area contributed by atoms with E-state index in [-0.39, 0.29) is 31.1 Å². The Labute approximate surface area is 422 Å². The van der Waals surface area contributed by atoms with E-state index in [1.807, 2.05) is 0 Å². The number of hydrogen-bond acceptors (Lipinski definition) is 6. The van der Waals surface area contributed by atoms with Crippen LogP contribution in [0.2, 0.25) is 0 Å². The molecule has 396 valence electrons. The van der Waals surface area contributed by atoms with Gasteiger partial charge in [0.2, 0.25) is 0 Å². The summed E-state index contributed by atoms with van der Waals surface area (Å²) < 4.78 is 16.9. The quantitative estimate of drug-likeness (QED) is 0.0262. The average Bonchev–Trinajstić information content (AvgIpc) is 3.34. The van der Waals surface area contributed by atoms with Gasteiger partial charge in [0, 0.05) is 19.3 Å². The second kappa shape index (κ2) is 57.0. The van der Waals surface area contributed by atoms with E-state index in [4.69, 9.17) is 14.2 Å². The summed E-state index contributed by atoms with van der Waals surface area (Å²) in [5.41, 5.74) is 0. The zero-order chi connectivity index (χ0) is 49.3. The molecule has 0 aromatic heterocycles. The Morgan fingerprint density at radius 3 is 0.853 bits per heavy atom. The topological polar surface area (TPSA) is 78.9 Å². The number of ether oxygens (including phenoxy) is 3. The van der Waals surface area contributed by atoms with Crippen molar-refractivity contribution in [3.8, 4) is 0 Å². The molecule has 0 radical (unpaired) electrons. The molecule has 0 amide bonds. The summed E-state index contributed by atoms with van der Waals surface area (Å²) in [6.07, 6.45) is 69.6. The van der Waals surface area contributed by atoms with Crippen molar-refractivity contribution in [2.45, 2.75) is 316 Å². The standard InChI is InChI=1S/C62H112O6/c1-4-7-10-13-16-19-22-25-27-29-31-33-35-37-40-43-46-49-52-55-61(64)67-58-59(57-66-60(63)54-51-48-45-42-39-24-21-18-15-12-9-6-3)68-62(65)56-53-50-47-44-41-38-36-34-32-30-28-26-23-20-17-14-11-8-5-2/h16,19,25,27,31,33,37,40,59H,4-15,17-18,20-24,26,28-30,32,34-36,38-39,41-58H2,1-3H3/b19-16-,27-25-,33-31-,40-37-/t59-/m0/s1. The van der Waals surface area contributed by atoms with Gasteiger partial charge in [-0.25, -0.2) is 0 Å². The molecule has 6 heteroatoms. The van der Waals surface area contributed by atoms with Crippen molar-refractivity contribution >= 4 is 17.9 Å². The molecule has 0 spiro atoms. The van der Waals surface area contributed by atoms with E-state index in [1.54, 1.807) is 0 Å². The maximum Gasteiger partial charge on any atom is 0.306 e. The predicted molar refractivity (Wildman–Crippen MR) is 293 cm³/mol. The third kappa shape index (κ3) is 54.3. The van der Waals surface area contributed by atoms with Crippen molar-refractivity contribution in [2.75, 3.05) is 13.2 Å². The molecule has 0 aliphatic rings. The van der Waals surface area contributed by atoms with Crippen LogP contribution in [0.1, 0.15) is 310 Å². The van der Waals surface area contributed by atoms with Gasteiger partial charge in [-0.3, -0.25) is 14.4 Å². The van der Waals surface area contributed by atoms with Crippen LogP contribution in [0.15, 0.2) is 48.6 Å². The summed E-state index contributed by atoms with van der Waals surface area (Å²) in [7, 11) is 0. The van der Waals surface area contributed by atoms with Crippen LogP contribution in [-0.4, -0.2) is 37.2 Å². The molecule has 0 aromatic rings. The van der Waals surface area contributed by atoms with Crippen LogP contribution in [0.5, 0.6) is 0 Å². The fourth-order valence-corrected chi connectivity index (χ4v) is 8.60. The van der Waals surface area contributed by atoms with Gasteiger partial charge in [-0.05, 0) is 64.2 Å². The minimum atomic E-state index is -0.782. The van der Waals surface area contributed by atoms with Gasteiger partial charge < -0.3 is 14.2 Å². The van der Waals surface area contributed by atoms with E-state index in [9.17, 15) is 14.4 Å². The van der Waals surface area contributed by atoms with Crippen LogP contribution in [0.3, 0.4) is 0 Å². The third-order valence-corrected chi connectivity index (χ3v) is 13.1. The highest BCUT2D eigenvalue weighted by atomic mass is 16.6. The van der Waals surface area contributed by atoms with E-state index in [2.05, 4.69) is 69.4 Å². The van der Waals surface area contributed by atoms with Crippen molar-refractivity contribution in [2.24, 2.45) is 0 Å². The molecule has 0 N–H and O–H groups in total. The maximum absolute atomic E-state index is 12.9. The predicted octanol–water partition coefficient (Wildman–Crippen LogP) is 19.8. The molecule has 0 bridgehead atoms. The van der Waals surface area contributed by atoms with E-state index in [0.717, 1.165) is 83.5 Å². The van der Waals surface area contributed by atoms with Crippen LogP contribution in [0, 0.1) is 0 Å². The van der Waals surface area contributed by atoms with Crippen LogP contribution >= 0.6 is 0 Å². The Morgan fingerprint density at radius 1 is 0.294 bits per heavy atom. The van der Waals surface area contributed by atoms with Gasteiger partial charge >= 0.3 is 17.9 Å². The van der Waals surface area contributed by atoms with Gasteiger partial charge in [-0.1, -0.05) is 275 Å². The molecule has 68 heavy (non-hydrogen) atoms. The second-order valence-electron chi connectivity index (χ2n) is 19.9. The zero-order valence-corrected chi connectivity index (χ0v) is 45.4. The molecule has 6 nitrogen and oxygen atoms in total. The van der Waals surface area contributed by atoms with Gasteiger partial charge in [0.05, 0.1) is 0 Å². The summed E-state index contributed by atoms with van der Waals surface area (Å²) in [4.78, 5) is 38.1. The number of unbranched alkanes of at least 4 members (excludes halogenated alkanes) is 35. The fraction of sp³-hybridized carbons (Fsp3) is 0.823. The summed E-state index contributed by atoms with van der Waals surface area (Å²) >= 11 is 0. The summed E-state index contributed by atoms with van der Waals surface area (Å²) in [6.45, 7) is 6.62. The van der Waals surface area contributed by atoms with Crippen LogP contribution in [0.4, 0.5) is 0 Å². The summed E-state index contributed by atoms with van der Waals surface area (Å²) in [5.74, 6) is -0.894. The average molecular weight is 954 g/mol. The molecular formula is C62H112O6. The van der Waals surface area contributed by atoms with Crippen molar-refractivity contribution in [1.82, 2.24) is 0 Å². The van der Waals surface area contributed by atoms with E-state index in [1.165, 1.54) is 186 Å². The SMILES string of the molecule is CCCCC/C=C\C/C=C\C/C=C\C/C=C\CCCCCC(=O)OC[C@H](COC(=O)CCCCCCCCCCCCCC)OC(=O)CCCCCCCCCCCCCCCCCCCCC. The Hall–Kier alpha value is -2.63. The molecule has 0 aromatic carbocycles. The highest BCUT2D eigenvalue weighted by Crippen LogP contribution is 2.17. The largest absolute Gasteiger partial charge is 0.462 e. The maximum atomic E-state index is 12.9. The summed E-state index contributed by atoms with van der Waals surface area (Å²) in [6, 6.07) is 0. The molecule has 1 atom stereocenters. The number of carbonyl (C=O) groups excluding carboxylic acids is 3. The van der Waals surface area contributed by atoms with Gasteiger partial charge in [0.25, 0.3) is 0 Å². The van der Waals surface area contributed by atoms with Crippen LogP contribution in [-0.2, 0) is 28.6 Å². The van der Waals surface area contributed by atoms with Gasteiger partial charge in [0.15, 0.2) is 6.10 Å². The monoisotopic (exact) mass is 953 g/mol. The van der Waals surface area contributed by atoms with Crippen molar-refractivity contribution < 1.29 is 28.6 Å². The van der Waals surface area contributed by atoms with Crippen molar-refractivity contribution in [1.29, 1.82) is 0 Å². The van der Waals surface area contributed by atoms with Crippen molar-refractivity contribution in [3.63, 3.8) is 0 Å². The number of esters is 3. The normalized spacial score (nSPS) is 12.3. The Morgan fingerprint density at radius 2 is 0.529 bits per heavy atom. The molecule has 0 saturated carbocycles. The molecular weight excluding hydrogens is 841 g/mol. The van der Waals surface area contributed by atoms with Crippen LogP contribution < -0.4 is 0 Å². The number of allylic oxidation sites excluding steroid dienone is 8.